The van der Waals surface area contributed by atoms with Crippen LogP contribution in [0, 0.1) is 0 Å². The van der Waals surface area contributed by atoms with Crippen LogP contribution in [0.5, 0.6) is 0 Å². The molecule has 5 heteroatoms. The number of hydrogen-bond donors (Lipinski definition) is 1. The van der Waals surface area contributed by atoms with Gasteiger partial charge in [0.05, 0.1) is 5.97 Å². The highest BCUT2D eigenvalue weighted by atomic mass is 16.6. The average molecular weight is 286 g/mol. The van der Waals surface area contributed by atoms with Gasteiger partial charge in [-0.25, -0.2) is 4.79 Å². The van der Waals surface area contributed by atoms with Crippen molar-refractivity contribution in [1.82, 2.24) is 5.32 Å². The van der Waals surface area contributed by atoms with E-state index in [0.717, 1.165) is 12.8 Å². The molecule has 5 nitrogen and oxygen atoms in total. The number of carboxylic acids is 1. The Bertz CT molecular complexity index is 256. The third-order valence-corrected chi connectivity index (χ3v) is 3.12. The van der Waals surface area contributed by atoms with Gasteiger partial charge >= 0.3 is 6.09 Å². The van der Waals surface area contributed by atoms with Crippen molar-refractivity contribution in [2.24, 2.45) is 0 Å². The molecule has 0 aliphatic carbocycles. The van der Waals surface area contributed by atoms with Gasteiger partial charge in [0, 0.05) is 6.54 Å². The van der Waals surface area contributed by atoms with E-state index in [1.807, 2.05) is 0 Å². The summed E-state index contributed by atoms with van der Waals surface area (Å²) < 4.78 is 4.38. The van der Waals surface area contributed by atoms with E-state index < -0.39 is 18.7 Å². The molecule has 0 aromatic carbocycles. The van der Waals surface area contributed by atoms with Crippen LogP contribution >= 0.6 is 0 Å². The highest BCUT2D eigenvalue weighted by Crippen LogP contribution is 2.10. The molecule has 1 amide bonds. The first kappa shape index (κ1) is 18.7. The number of ether oxygens (including phenoxy) is 1. The van der Waals surface area contributed by atoms with Crippen molar-refractivity contribution < 1.29 is 19.4 Å². The minimum absolute atomic E-state index is 0.530. The number of alkyl carbamates (subject to hydrolysis) is 1. The van der Waals surface area contributed by atoms with E-state index in [1.54, 1.807) is 0 Å². The van der Waals surface area contributed by atoms with Crippen LogP contribution in [0.15, 0.2) is 0 Å². The molecule has 0 saturated carbocycles. The van der Waals surface area contributed by atoms with Crippen LogP contribution in [0.3, 0.4) is 0 Å². The monoisotopic (exact) mass is 286 g/mol. The maximum absolute atomic E-state index is 11.0. The number of carbonyl (C=O) groups excluding carboxylic acids is 2. The van der Waals surface area contributed by atoms with Gasteiger partial charge in [-0.3, -0.25) is 0 Å². The summed E-state index contributed by atoms with van der Waals surface area (Å²) in [4.78, 5) is 21.0. The van der Waals surface area contributed by atoms with Crippen LogP contribution in [0.1, 0.15) is 71.1 Å². The van der Waals surface area contributed by atoms with Crippen molar-refractivity contribution in [3.8, 4) is 0 Å². The van der Waals surface area contributed by atoms with Crippen LogP contribution in [0.2, 0.25) is 0 Å². The maximum atomic E-state index is 11.0. The number of hydrogen-bond acceptors (Lipinski definition) is 4. The fraction of sp³-hybridized carbons (Fsp3) is 0.867. The van der Waals surface area contributed by atoms with E-state index in [9.17, 15) is 14.7 Å². The highest BCUT2D eigenvalue weighted by molar-refractivity contribution is 5.72. The van der Waals surface area contributed by atoms with Gasteiger partial charge in [-0.1, -0.05) is 64.7 Å². The quantitative estimate of drug-likeness (QED) is 0.527. The summed E-state index contributed by atoms with van der Waals surface area (Å²) >= 11 is 0. The molecule has 0 aromatic rings. The smallest absolute Gasteiger partial charge is 0.407 e. The zero-order chi connectivity index (χ0) is 15.1. The molecule has 1 N–H and O–H groups in total. The second-order valence-electron chi connectivity index (χ2n) is 5.06. The molecule has 0 fully saturated rings. The van der Waals surface area contributed by atoms with Crippen molar-refractivity contribution in [1.29, 1.82) is 0 Å². The summed E-state index contributed by atoms with van der Waals surface area (Å²) in [5.41, 5.74) is 0. The topological polar surface area (TPSA) is 78.5 Å². The van der Waals surface area contributed by atoms with E-state index in [4.69, 9.17) is 0 Å². The average Bonchev–Trinajstić information content (AvgIpc) is 2.42. The Morgan fingerprint density at radius 3 is 1.90 bits per heavy atom. The summed E-state index contributed by atoms with van der Waals surface area (Å²) in [7, 11) is 0. The Balaban J connectivity index is 3.12. The lowest BCUT2D eigenvalue weighted by Gasteiger charge is -2.07. The van der Waals surface area contributed by atoms with E-state index >= 15 is 0 Å². The number of aliphatic carboxylic acids is 1. The van der Waals surface area contributed by atoms with E-state index in [-0.39, 0.29) is 0 Å². The van der Waals surface area contributed by atoms with Crippen molar-refractivity contribution in [2.45, 2.75) is 71.1 Å². The fourth-order valence-electron chi connectivity index (χ4n) is 1.98. The summed E-state index contributed by atoms with van der Waals surface area (Å²) in [5.74, 6) is -1.39. The Kier molecular flexibility index (Phi) is 13.3. The molecule has 0 rings (SSSR count). The lowest BCUT2D eigenvalue weighted by molar-refractivity contribution is -0.308. The summed E-state index contributed by atoms with van der Waals surface area (Å²) in [6, 6.07) is 0. The first-order valence-electron chi connectivity index (χ1n) is 7.77. The molecule has 0 heterocycles. The lowest BCUT2D eigenvalue weighted by atomic mass is 10.1. The third-order valence-electron chi connectivity index (χ3n) is 3.12. The number of nitrogens with one attached hydrogen (secondary N) is 1. The Morgan fingerprint density at radius 2 is 1.40 bits per heavy atom. The molecule has 118 valence electrons. The number of carboxylic acid groups (broad SMARTS) is 1. The Hall–Kier alpha value is -1.26. The molecule has 0 bridgehead atoms. The second-order valence-corrected chi connectivity index (χ2v) is 5.06. The summed E-state index contributed by atoms with van der Waals surface area (Å²) in [6.07, 6.45) is 11.7. The first-order valence-corrected chi connectivity index (χ1v) is 7.77. The molecular formula is C15H28NO4-. The van der Waals surface area contributed by atoms with Crippen LogP contribution in [0.25, 0.3) is 0 Å². The minimum atomic E-state index is -1.39. The molecule has 0 spiro atoms. The third kappa shape index (κ3) is 14.8. The maximum Gasteiger partial charge on any atom is 0.407 e. The molecular weight excluding hydrogens is 258 g/mol. The Morgan fingerprint density at radius 1 is 0.900 bits per heavy atom. The van der Waals surface area contributed by atoms with Crippen LogP contribution in [0.4, 0.5) is 4.79 Å². The normalized spacial score (nSPS) is 10.2. The second kappa shape index (κ2) is 14.2. The summed E-state index contributed by atoms with van der Waals surface area (Å²) in [6.45, 7) is 2.06. The van der Waals surface area contributed by atoms with Gasteiger partial charge in [-0.2, -0.15) is 0 Å². The SMILES string of the molecule is CCCCCCCCCCCCNC(=O)OCC(=O)[O-]. The molecule has 0 saturated heterocycles. The molecule has 0 unspecified atom stereocenters. The zero-order valence-electron chi connectivity index (χ0n) is 12.6. The fourth-order valence-corrected chi connectivity index (χ4v) is 1.98. The summed E-state index contributed by atoms with van der Waals surface area (Å²) in [5, 5.41) is 12.6. The standard InChI is InChI=1S/C15H29NO4/c1-2-3-4-5-6-7-8-9-10-11-12-16-15(19)20-13-14(17)18/h2-13H2,1H3,(H,16,19)(H,17,18)/p-1. The van der Waals surface area contributed by atoms with Gasteiger partial charge in [0.2, 0.25) is 0 Å². The van der Waals surface area contributed by atoms with Crippen molar-refractivity contribution >= 4 is 12.1 Å². The van der Waals surface area contributed by atoms with Crippen molar-refractivity contribution in [3.05, 3.63) is 0 Å². The number of unbranched alkanes of at least 4 members (excludes halogenated alkanes) is 9. The molecule has 0 atom stereocenters. The lowest BCUT2D eigenvalue weighted by Crippen LogP contribution is -2.33. The molecule has 0 radical (unpaired) electrons. The van der Waals surface area contributed by atoms with Crippen molar-refractivity contribution in [2.75, 3.05) is 13.2 Å². The predicted octanol–water partition coefficient (Wildman–Crippen LogP) is 2.38. The van der Waals surface area contributed by atoms with Gasteiger partial charge in [0.25, 0.3) is 0 Å². The molecule has 20 heavy (non-hydrogen) atoms. The molecule has 0 aromatic heterocycles. The number of rotatable bonds is 13. The van der Waals surface area contributed by atoms with Gasteiger partial charge in [-0.05, 0) is 6.42 Å². The van der Waals surface area contributed by atoms with E-state index in [0.29, 0.717) is 6.54 Å². The van der Waals surface area contributed by atoms with E-state index in [1.165, 1.54) is 51.4 Å². The van der Waals surface area contributed by atoms with Crippen molar-refractivity contribution in [3.63, 3.8) is 0 Å². The van der Waals surface area contributed by atoms with E-state index in [2.05, 4.69) is 17.0 Å². The Labute approximate surface area is 122 Å². The van der Waals surface area contributed by atoms with Gasteiger partial charge in [-0.15, -0.1) is 0 Å². The molecule has 0 aliphatic rings. The van der Waals surface area contributed by atoms with Gasteiger partial charge < -0.3 is 20.0 Å². The molecule has 0 aliphatic heterocycles. The van der Waals surface area contributed by atoms with Crippen LogP contribution in [-0.2, 0) is 9.53 Å². The largest absolute Gasteiger partial charge is 0.546 e. The minimum Gasteiger partial charge on any atom is -0.546 e. The van der Waals surface area contributed by atoms with Crippen LogP contribution in [-0.4, -0.2) is 25.2 Å². The van der Waals surface area contributed by atoms with Crippen LogP contribution < -0.4 is 10.4 Å². The van der Waals surface area contributed by atoms with Gasteiger partial charge in [0.15, 0.2) is 0 Å². The predicted molar refractivity (Wildman–Crippen MR) is 76.2 cm³/mol. The highest BCUT2D eigenvalue weighted by Gasteiger charge is 2.00. The number of carbonyl (C=O) groups is 2. The first-order chi connectivity index (χ1) is 9.66. The number of amides is 1. The van der Waals surface area contributed by atoms with Gasteiger partial charge in [0.1, 0.15) is 6.61 Å². The zero-order valence-corrected chi connectivity index (χ0v) is 12.6.